The first-order valence-electron chi connectivity index (χ1n) is 7.39. The number of nitrogens with zero attached hydrogens (tertiary/aromatic N) is 4. The molecule has 0 radical (unpaired) electrons. The van der Waals surface area contributed by atoms with E-state index in [0.717, 1.165) is 5.39 Å². The SMILES string of the molecule is O=C(Cc1noc2ccccc12)Nc1ccc(-n2cccn2)nc1. The number of pyridine rings is 1. The highest BCUT2D eigenvalue weighted by atomic mass is 16.5. The summed E-state index contributed by atoms with van der Waals surface area (Å²) in [5, 5.41) is 11.7. The van der Waals surface area contributed by atoms with Crippen LogP contribution in [0.15, 0.2) is 65.6 Å². The van der Waals surface area contributed by atoms with Crippen molar-refractivity contribution in [2.45, 2.75) is 6.42 Å². The highest BCUT2D eigenvalue weighted by Gasteiger charge is 2.12. The van der Waals surface area contributed by atoms with Crippen molar-refractivity contribution in [3.8, 4) is 5.82 Å². The summed E-state index contributed by atoms with van der Waals surface area (Å²) in [6, 6.07) is 12.8. The lowest BCUT2D eigenvalue weighted by molar-refractivity contribution is -0.115. The zero-order valence-electron chi connectivity index (χ0n) is 12.6. The van der Waals surface area contributed by atoms with Gasteiger partial charge in [-0.15, -0.1) is 0 Å². The molecule has 3 heterocycles. The van der Waals surface area contributed by atoms with Crippen LogP contribution in [-0.2, 0) is 11.2 Å². The molecule has 1 amide bonds. The van der Waals surface area contributed by atoms with Crippen LogP contribution in [-0.4, -0.2) is 25.8 Å². The van der Waals surface area contributed by atoms with E-state index in [1.54, 1.807) is 35.4 Å². The number of carbonyl (C=O) groups excluding carboxylic acids is 1. The van der Waals surface area contributed by atoms with Gasteiger partial charge in [-0.1, -0.05) is 17.3 Å². The summed E-state index contributed by atoms with van der Waals surface area (Å²) in [7, 11) is 0. The molecule has 0 saturated carbocycles. The normalized spacial score (nSPS) is 10.8. The van der Waals surface area contributed by atoms with Crippen LogP contribution in [0.25, 0.3) is 16.8 Å². The molecule has 0 aliphatic heterocycles. The standard InChI is InChI=1S/C17H13N5O2/c23-17(10-14-13-4-1-2-5-15(13)24-21-14)20-12-6-7-16(18-11-12)22-9-3-8-19-22/h1-9,11H,10H2,(H,20,23). The number of carbonyl (C=O) groups is 1. The summed E-state index contributed by atoms with van der Waals surface area (Å²) in [6.07, 6.45) is 5.21. The van der Waals surface area contributed by atoms with E-state index in [1.807, 2.05) is 30.3 Å². The Morgan fingerprint density at radius 1 is 1.17 bits per heavy atom. The predicted molar refractivity (Wildman–Crippen MR) is 87.7 cm³/mol. The van der Waals surface area contributed by atoms with Crippen molar-refractivity contribution >= 4 is 22.6 Å². The summed E-state index contributed by atoms with van der Waals surface area (Å²) in [5.74, 6) is 0.503. The summed E-state index contributed by atoms with van der Waals surface area (Å²) >= 11 is 0. The highest BCUT2D eigenvalue weighted by molar-refractivity contribution is 5.94. The molecular formula is C17H13N5O2. The Balaban J connectivity index is 1.46. The lowest BCUT2D eigenvalue weighted by atomic mass is 10.1. The molecular weight excluding hydrogens is 306 g/mol. The van der Waals surface area contributed by atoms with Gasteiger partial charge in [-0.05, 0) is 30.3 Å². The smallest absolute Gasteiger partial charge is 0.230 e. The average molecular weight is 319 g/mol. The van der Waals surface area contributed by atoms with E-state index in [4.69, 9.17) is 4.52 Å². The van der Waals surface area contributed by atoms with Crippen molar-refractivity contribution in [2.24, 2.45) is 0 Å². The minimum atomic E-state index is -0.178. The van der Waals surface area contributed by atoms with Crippen LogP contribution in [0.1, 0.15) is 5.69 Å². The molecule has 7 nitrogen and oxygen atoms in total. The third kappa shape index (κ3) is 2.74. The first-order valence-corrected chi connectivity index (χ1v) is 7.39. The van der Waals surface area contributed by atoms with E-state index in [-0.39, 0.29) is 12.3 Å². The van der Waals surface area contributed by atoms with Crippen LogP contribution in [0.4, 0.5) is 5.69 Å². The molecule has 0 unspecified atom stereocenters. The van der Waals surface area contributed by atoms with Crippen molar-refractivity contribution in [1.82, 2.24) is 19.9 Å². The van der Waals surface area contributed by atoms with Gasteiger partial charge in [-0.3, -0.25) is 4.79 Å². The van der Waals surface area contributed by atoms with Crippen molar-refractivity contribution in [1.29, 1.82) is 0 Å². The third-order valence-electron chi connectivity index (χ3n) is 3.55. The fraction of sp³-hybridized carbons (Fsp3) is 0.0588. The summed E-state index contributed by atoms with van der Waals surface area (Å²) in [5.41, 5.74) is 1.90. The van der Waals surface area contributed by atoms with Gasteiger partial charge >= 0.3 is 0 Å². The third-order valence-corrected chi connectivity index (χ3v) is 3.55. The number of hydrogen-bond donors (Lipinski definition) is 1. The Bertz CT molecular complexity index is 974. The van der Waals surface area contributed by atoms with Gasteiger partial charge in [0, 0.05) is 17.8 Å². The molecule has 0 spiro atoms. The number of fused-ring (bicyclic) bond motifs is 1. The Hall–Kier alpha value is -3.48. The van der Waals surface area contributed by atoms with Crippen molar-refractivity contribution in [2.75, 3.05) is 5.32 Å². The fourth-order valence-corrected chi connectivity index (χ4v) is 2.42. The molecule has 0 aliphatic carbocycles. The molecule has 1 N–H and O–H groups in total. The van der Waals surface area contributed by atoms with Gasteiger partial charge in [-0.25, -0.2) is 9.67 Å². The molecule has 0 atom stereocenters. The number of rotatable bonds is 4. The molecule has 7 heteroatoms. The maximum Gasteiger partial charge on any atom is 0.230 e. The Morgan fingerprint density at radius 3 is 2.88 bits per heavy atom. The zero-order chi connectivity index (χ0) is 16.4. The van der Waals surface area contributed by atoms with Gasteiger partial charge in [0.15, 0.2) is 11.4 Å². The maximum absolute atomic E-state index is 12.2. The average Bonchev–Trinajstić information content (AvgIpc) is 3.26. The quantitative estimate of drug-likeness (QED) is 0.625. The monoisotopic (exact) mass is 319 g/mol. The Morgan fingerprint density at radius 2 is 2.08 bits per heavy atom. The number of hydrogen-bond acceptors (Lipinski definition) is 5. The highest BCUT2D eigenvalue weighted by Crippen LogP contribution is 2.18. The maximum atomic E-state index is 12.2. The fourth-order valence-electron chi connectivity index (χ4n) is 2.42. The van der Waals surface area contributed by atoms with E-state index in [9.17, 15) is 4.79 Å². The largest absolute Gasteiger partial charge is 0.356 e. The molecule has 4 aromatic rings. The van der Waals surface area contributed by atoms with Gasteiger partial charge in [-0.2, -0.15) is 5.10 Å². The summed E-state index contributed by atoms with van der Waals surface area (Å²) in [4.78, 5) is 16.5. The number of aromatic nitrogens is 4. The molecule has 4 rings (SSSR count). The lowest BCUT2D eigenvalue weighted by Gasteiger charge is -2.05. The molecule has 0 bridgehead atoms. The van der Waals surface area contributed by atoms with Gasteiger partial charge in [0.2, 0.25) is 5.91 Å². The zero-order valence-corrected chi connectivity index (χ0v) is 12.6. The lowest BCUT2D eigenvalue weighted by Crippen LogP contribution is -2.15. The Labute approximate surface area is 136 Å². The number of amides is 1. The Kier molecular flexibility index (Phi) is 3.51. The van der Waals surface area contributed by atoms with Gasteiger partial charge in [0.1, 0.15) is 5.69 Å². The van der Waals surface area contributed by atoms with E-state index in [2.05, 4.69) is 20.6 Å². The van der Waals surface area contributed by atoms with Crippen molar-refractivity contribution in [3.63, 3.8) is 0 Å². The van der Waals surface area contributed by atoms with E-state index >= 15 is 0 Å². The van der Waals surface area contributed by atoms with E-state index < -0.39 is 0 Å². The first kappa shape index (κ1) is 14.1. The minimum absolute atomic E-state index is 0.137. The first-order chi connectivity index (χ1) is 11.8. The van der Waals surface area contributed by atoms with E-state index in [1.165, 1.54) is 0 Å². The van der Waals surface area contributed by atoms with Crippen LogP contribution in [0.2, 0.25) is 0 Å². The number of para-hydroxylation sites is 1. The molecule has 0 aliphatic rings. The summed E-state index contributed by atoms with van der Waals surface area (Å²) < 4.78 is 6.85. The van der Waals surface area contributed by atoms with Crippen LogP contribution >= 0.6 is 0 Å². The second kappa shape index (κ2) is 5.96. The second-order valence-corrected chi connectivity index (χ2v) is 5.21. The van der Waals surface area contributed by atoms with Crippen LogP contribution in [0.3, 0.4) is 0 Å². The number of benzene rings is 1. The number of nitrogens with one attached hydrogen (secondary N) is 1. The van der Waals surface area contributed by atoms with Crippen molar-refractivity contribution < 1.29 is 9.32 Å². The number of anilines is 1. The van der Waals surface area contributed by atoms with E-state index in [0.29, 0.717) is 22.8 Å². The van der Waals surface area contributed by atoms with Crippen molar-refractivity contribution in [3.05, 3.63) is 66.7 Å². The predicted octanol–water partition coefficient (Wildman–Crippen LogP) is 2.59. The minimum Gasteiger partial charge on any atom is -0.356 e. The second-order valence-electron chi connectivity index (χ2n) is 5.21. The van der Waals surface area contributed by atoms with Crippen LogP contribution < -0.4 is 5.32 Å². The molecule has 3 aromatic heterocycles. The van der Waals surface area contributed by atoms with Crippen LogP contribution in [0.5, 0.6) is 0 Å². The molecule has 1 aromatic carbocycles. The van der Waals surface area contributed by atoms with Crippen LogP contribution in [0, 0.1) is 0 Å². The molecule has 118 valence electrons. The summed E-state index contributed by atoms with van der Waals surface area (Å²) in [6.45, 7) is 0. The molecule has 0 saturated heterocycles. The van der Waals surface area contributed by atoms with Gasteiger partial charge in [0.05, 0.1) is 18.3 Å². The molecule has 0 fully saturated rings. The van der Waals surface area contributed by atoms with Gasteiger partial charge < -0.3 is 9.84 Å². The molecule has 24 heavy (non-hydrogen) atoms. The topological polar surface area (TPSA) is 85.8 Å². The van der Waals surface area contributed by atoms with Gasteiger partial charge in [0.25, 0.3) is 0 Å².